The molecule has 0 bridgehead atoms. The Labute approximate surface area is 115 Å². The van der Waals surface area contributed by atoms with Crippen LogP contribution in [0, 0.1) is 0 Å². The van der Waals surface area contributed by atoms with Gasteiger partial charge in [-0.1, -0.05) is 0 Å². The summed E-state index contributed by atoms with van der Waals surface area (Å²) in [6.45, 7) is 14.7. The molecule has 0 spiro atoms. The minimum atomic E-state index is -1.86. The summed E-state index contributed by atoms with van der Waals surface area (Å²) in [6, 6.07) is 0. The van der Waals surface area contributed by atoms with E-state index in [4.69, 9.17) is 0 Å². The van der Waals surface area contributed by atoms with E-state index in [0.717, 1.165) is 0 Å². The van der Waals surface area contributed by atoms with Crippen LogP contribution >= 0.6 is 0 Å². The van der Waals surface area contributed by atoms with Crippen LogP contribution in [0.2, 0.25) is 33.0 Å². The molecule has 0 fully saturated rings. The molecule has 0 aromatic carbocycles. The van der Waals surface area contributed by atoms with Crippen LogP contribution in [0.4, 0.5) is 0 Å². The molecule has 0 aliphatic rings. The molecule has 0 radical (unpaired) electrons. The molecule has 0 aliphatic heterocycles. The zero-order valence-electron chi connectivity index (χ0n) is 13.7. The second-order valence-electron chi connectivity index (χ2n) is 7.99. The predicted octanol–water partition coefficient (Wildman–Crippen LogP) is 6.03. The second-order valence-corrected chi connectivity index (χ2v) is 27.9. The molecule has 0 unspecified atom stereocenters. The Kier molecular flexibility index (Phi) is 6.55. The first-order valence-corrected chi connectivity index (χ1v) is 20.2. The first-order chi connectivity index (χ1) is 7.42. The summed E-state index contributed by atoms with van der Waals surface area (Å²) in [5.41, 5.74) is 2.78. The van der Waals surface area contributed by atoms with E-state index in [1.54, 1.807) is 0 Å². The molecule has 0 N–H and O–H groups in total. The van der Waals surface area contributed by atoms with E-state index in [9.17, 15) is 0 Å². The van der Waals surface area contributed by atoms with E-state index in [-0.39, 0.29) is 0 Å². The molecule has 0 saturated heterocycles. The van der Waals surface area contributed by atoms with Gasteiger partial charge in [0.2, 0.25) is 0 Å². The number of hydrogen-bond acceptors (Lipinski definition) is 0. The first kappa shape index (κ1) is 17.8. The zero-order valence-corrected chi connectivity index (χ0v) is 17.6. The van der Waals surface area contributed by atoms with Crippen molar-refractivity contribution >= 4 is 26.5 Å². The van der Waals surface area contributed by atoms with Crippen LogP contribution in [-0.2, 0) is 0 Å². The van der Waals surface area contributed by atoms with E-state index < -0.39 is 26.5 Å². The second kappa shape index (κ2) is 6.27. The van der Waals surface area contributed by atoms with Crippen LogP contribution in [0.1, 0.15) is 47.0 Å². The normalized spacial score (nSPS) is 15.2. The Morgan fingerprint density at radius 2 is 1.59 bits per heavy atom. The Bertz CT molecular complexity index is 264. The third kappa shape index (κ3) is 5.95. The summed E-state index contributed by atoms with van der Waals surface area (Å²) in [7, 11) is -1.24. The molecule has 2 heteroatoms. The molecule has 0 atom stereocenters. The standard InChI is InChI=1S/C12H25Si.3CH3.Sn/c1-7-8-9-10-11-13(5,6)12(2,3)4;;;;/h11H,7-9H2,1-6H3;3*1H3;. The van der Waals surface area contributed by atoms with Gasteiger partial charge in [0.05, 0.1) is 0 Å². The quantitative estimate of drug-likeness (QED) is 0.525. The van der Waals surface area contributed by atoms with Crippen molar-refractivity contribution < 1.29 is 0 Å². The van der Waals surface area contributed by atoms with Crippen LogP contribution in [-0.4, -0.2) is 26.5 Å². The Hall–Kier alpha value is 0.756. The minimum absolute atomic E-state index is 0.488. The van der Waals surface area contributed by atoms with Gasteiger partial charge in [-0.3, -0.25) is 0 Å². The fourth-order valence-corrected chi connectivity index (χ4v) is 13.0. The van der Waals surface area contributed by atoms with Crippen LogP contribution < -0.4 is 0 Å². The van der Waals surface area contributed by atoms with Crippen molar-refractivity contribution in [3.05, 3.63) is 9.29 Å². The Balaban J connectivity index is 5.18. The van der Waals surface area contributed by atoms with Gasteiger partial charge in [0.25, 0.3) is 0 Å². The number of unbranched alkanes of at least 4 members (excludes halogenated alkanes) is 1. The van der Waals surface area contributed by atoms with Crippen molar-refractivity contribution in [3.8, 4) is 0 Å². The first-order valence-electron chi connectivity index (χ1n) is 7.14. The Morgan fingerprint density at radius 1 is 1.12 bits per heavy atom. The SMILES string of the molecule is CCCC/[C](=C/[Si](C)(C)C(C)(C)C)[Sn]([CH3])([CH3])[CH3]. The third-order valence-corrected chi connectivity index (χ3v) is 16.6. The topological polar surface area (TPSA) is 0 Å². The van der Waals surface area contributed by atoms with Crippen LogP contribution in [0.3, 0.4) is 0 Å². The summed E-state index contributed by atoms with van der Waals surface area (Å²) in [5.74, 6) is 0. The van der Waals surface area contributed by atoms with E-state index in [2.05, 4.69) is 61.3 Å². The van der Waals surface area contributed by atoms with Crippen molar-refractivity contribution in [1.29, 1.82) is 0 Å². The van der Waals surface area contributed by atoms with Gasteiger partial charge in [0.1, 0.15) is 0 Å². The maximum atomic E-state index is 2.78. The van der Waals surface area contributed by atoms with E-state index in [1.165, 1.54) is 19.3 Å². The summed E-state index contributed by atoms with van der Waals surface area (Å²) < 4.78 is 1.90. The molecule has 17 heavy (non-hydrogen) atoms. The van der Waals surface area contributed by atoms with Crippen LogP contribution in [0.15, 0.2) is 9.29 Å². The third-order valence-electron chi connectivity index (χ3n) is 4.23. The van der Waals surface area contributed by atoms with Gasteiger partial charge in [-0.15, -0.1) is 0 Å². The van der Waals surface area contributed by atoms with E-state index in [1.807, 2.05) is 3.59 Å². The van der Waals surface area contributed by atoms with Gasteiger partial charge in [-0.25, -0.2) is 0 Å². The average molecular weight is 361 g/mol. The summed E-state index contributed by atoms with van der Waals surface area (Å²) in [5, 5.41) is 0.488. The van der Waals surface area contributed by atoms with Crippen molar-refractivity contribution in [2.24, 2.45) is 0 Å². The van der Waals surface area contributed by atoms with Gasteiger partial charge >= 0.3 is 116 Å². The van der Waals surface area contributed by atoms with Crippen molar-refractivity contribution in [2.45, 2.75) is 79.9 Å². The van der Waals surface area contributed by atoms with E-state index in [0.29, 0.717) is 5.04 Å². The monoisotopic (exact) mass is 362 g/mol. The molecular formula is C15H34SiSn. The molecule has 0 nitrogen and oxygen atoms in total. The summed E-state index contributed by atoms with van der Waals surface area (Å²) >= 11 is -1.86. The van der Waals surface area contributed by atoms with Crippen molar-refractivity contribution in [2.75, 3.05) is 0 Å². The maximum absolute atomic E-state index is 2.78. The molecule has 0 saturated carbocycles. The molecule has 0 amide bonds. The number of hydrogen-bond donors (Lipinski definition) is 0. The van der Waals surface area contributed by atoms with Crippen molar-refractivity contribution in [1.82, 2.24) is 0 Å². The fourth-order valence-electron chi connectivity index (χ4n) is 1.68. The summed E-state index contributed by atoms with van der Waals surface area (Å²) in [6.07, 6.45) is 4.09. The molecule has 0 aliphatic carbocycles. The molecule has 0 heterocycles. The fraction of sp³-hybridized carbons (Fsp3) is 0.867. The van der Waals surface area contributed by atoms with Crippen LogP contribution in [0.5, 0.6) is 0 Å². The number of rotatable bonds is 5. The average Bonchev–Trinajstić information content (AvgIpc) is 2.08. The van der Waals surface area contributed by atoms with Crippen molar-refractivity contribution in [3.63, 3.8) is 0 Å². The molecule has 0 rings (SSSR count). The zero-order chi connectivity index (χ0) is 13.9. The number of allylic oxidation sites excluding steroid dienone is 1. The van der Waals surface area contributed by atoms with Gasteiger partial charge in [-0.05, 0) is 0 Å². The molecule has 0 aromatic heterocycles. The van der Waals surface area contributed by atoms with E-state index >= 15 is 0 Å². The van der Waals surface area contributed by atoms with Crippen LogP contribution in [0.25, 0.3) is 0 Å². The Morgan fingerprint density at radius 3 is 1.88 bits per heavy atom. The predicted molar refractivity (Wildman–Crippen MR) is 88.2 cm³/mol. The van der Waals surface area contributed by atoms with Gasteiger partial charge in [0, 0.05) is 0 Å². The molecule has 102 valence electrons. The molecular weight excluding hydrogens is 327 g/mol. The molecule has 0 aromatic rings. The van der Waals surface area contributed by atoms with Gasteiger partial charge < -0.3 is 0 Å². The van der Waals surface area contributed by atoms with Gasteiger partial charge in [0.15, 0.2) is 0 Å². The van der Waals surface area contributed by atoms with Gasteiger partial charge in [-0.2, -0.15) is 0 Å². The summed E-state index contributed by atoms with van der Waals surface area (Å²) in [4.78, 5) is 7.72.